The molecule has 0 spiro atoms. The van der Waals surface area contributed by atoms with Crippen LogP contribution in [0, 0.1) is 0 Å². The summed E-state index contributed by atoms with van der Waals surface area (Å²) in [5.74, 6) is 0.637. The number of halogens is 1. The molecule has 1 unspecified atom stereocenters. The molecule has 1 aromatic carbocycles. The van der Waals surface area contributed by atoms with Gasteiger partial charge in [0.05, 0.1) is 18.2 Å². The van der Waals surface area contributed by atoms with Gasteiger partial charge in [0.25, 0.3) is 0 Å². The summed E-state index contributed by atoms with van der Waals surface area (Å²) in [6, 6.07) is 6.72. The minimum absolute atomic E-state index is 0.264. The summed E-state index contributed by atoms with van der Waals surface area (Å²) in [4.78, 5) is 24.6. The van der Waals surface area contributed by atoms with E-state index >= 15 is 0 Å². The Bertz CT molecular complexity index is 975. The van der Waals surface area contributed by atoms with Gasteiger partial charge in [-0.2, -0.15) is 0 Å². The number of esters is 1. The van der Waals surface area contributed by atoms with Gasteiger partial charge in [-0.1, -0.05) is 42.4 Å². The maximum Gasteiger partial charge on any atom is 0.337 e. The second kappa shape index (κ2) is 9.99. The van der Waals surface area contributed by atoms with E-state index in [1.165, 1.54) is 11.8 Å². The molecule has 1 aromatic heterocycles. The standard InChI is InChI=1S/C20H24ClN5O3S/c1-4-14-16(18(27)29-6-3)15(23-19(28)22-14)11-30-20-25-24-17(26(20)5-2)12-8-7-9-13(21)10-12/h7-10,14H,4-6,11H2,1-3H3,(H2,22,23,28). The van der Waals surface area contributed by atoms with Crippen LogP contribution in [0.2, 0.25) is 5.02 Å². The second-order valence-corrected chi connectivity index (χ2v) is 7.90. The predicted octanol–water partition coefficient (Wildman–Crippen LogP) is 3.62. The number of nitrogens with zero attached hydrogens (tertiary/aromatic N) is 3. The maximum absolute atomic E-state index is 12.5. The molecular weight excluding hydrogens is 426 g/mol. The van der Waals surface area contributed by atoms with Crippen LogP contribution in [-0.2, 0) is 16.1 Å². The summed E-state index contributed by atoms with van der Waals surface area (Å²) < 4.78 is 7.18. The number of ether oxygens (including phenoxy) is 1. The van der Waals surface area contributed by atoms with Crippen LogP contribution >= 0.6 is 23.4 Å². The Balaban J connectivity index is 1.89. The SMILES string of the molecule is CCOC(=O)C1=C(CSc2nnc(-c3cccc(Cl)c3)n2CC)NC(=O)NC1CC. The van der Waals surface area contributed by atoms with Gasteiger partial charge >= 0.3 is 12.0 Å². The average Bonchev–Trinajstić information content (AvgIpc) is 3.14. The molecule has 2 aromatic rings. The van der Waals surface area contributed by atoms with Crippen molar-refractivity contribution in [3.63, 3.8) is 0 Å². The third-order valence-corrected chi connectivity index (χ3v) is 5.84. The van der Waals surface area contributed by atoms with Gasteiger partial charge in [0.15, 0.2) is 11.0 Å². The highest BCUT2D eigenvalue weighted by molar-refractivity contribution is 7.99. The van der Waals surface area contributed by atoms with E-state index in [-0.39, 0.29) is 18.7 Å². The van der Waals surface area contributed by atoms with Crippen molar-refractivity contribution < 1.29 is 14.3 Å². The zero-order valence-electron chi connectivity index (χ0n) is 17.1. The zero-order valence-corrected chi connectivity index (χ0v) is 18.6. The van der Waals surface area contributed by atoms with Gasteiger partial charge in [-0.3, -0.25) is 0 Å². The highest BCUT2D eigenvalue weighted by Crippen LogP contribution is 2.28. The summed E-state index contributed by atoms with van der Waals surface area (Å²) in [7, 11) is 0. The van der Waals surface area contributed by atoms with Crippen molar-refractivity contribution in [2.75, 3.05) is 12.4 Å². The third kappa shape index (κ3) is 4.79. The van der Waals surface area contributed by atoms with Crippen LogP contribution in [0.15, 0.2) is 40.7 Å². The lowest BCUT2D eigenvalue weighted by Gasteiger charge is -2.28. The van der Waals surface area contributed by atoms with E-state index < -0.39 is 5.97 Å². The molecular formula is C20H24ClN5O3S. The summed E-state index contributed by atoms with van der Waals surface area (Å²) in [5.41, 5.74) is 1.85. The normalized spacial score (nSPS) is 16.3. The molecule has 0 bridgehead atoms. The molecule has 2 amide bonds. The van der Waals surface area contributed by atoms with Crippen molar-refractivity contribution in [1.82, 2.24) is 25.4 Å². The number of carbonyl (C=O) groups excluding carboxylic acids is 2. The van der Waals surface area contributed by atoms with Gasteiger partial charge in [-0.15, -0.1) is 10.2 Å². The number of rotatable bonds is 8. The van der Waals surface area contributed by atoms with E-state index in [2.05, 4.69) is 20.8 Å². The fourth-order valence-electron chi connectivity index (χ4n) is 3.23. The van der Waals surface area contributed by atoms with Crippen LogP contribution in [0.4, 0.5) is 4.79 Å². The minimum atomic E-state index is -0.427. The number of hydrogen-bond acceptors (Lipinski definition) is 6. The topological polar surface area (TPSA) is 98.1 Å². The Morgan fingerprint density at radius 1 is 1.30 bits per heavy atom. The Hall–Kier alpha value is -2.52. The first kappa shape index (κ1) is 22.2. The number of hydrogen-bond donors (Lipinski definition) is 2. The number of thioether (sulfide) groups is 1. The summed E-state index contributed by atoms with van der Waals surface area (Å²) in [6.07, 6.45) is 0.583. The number of urea groups is 1. The van der Waals surface area contributed by atoms with Crippen LogP contribution in [0.25, 0.3) is 11.4 Å². The van der Waals surface area contributed by atoms with Gasteiger partial charge < -0.3 is 19.9 Å². The minimum Gasteiger partial charge on any atom is -0.463 e. The second-order valence-electron chi connectivity index (χ2n) is 6.52. The molecule has 1 atom stereocenters. The van der Waals surface area contributed by atoms with Crippen LogP contribution in [0.1, 0.15) is 27.2 Å². The molecule has 160 valence electrons. The molecule has 0 aliphatic carbocycles. The molecule has 2 heterocycles. The van der Waals surface area contributed by atoms with Crippen LogP contribution in [0.3, 0.4) is 0 Å². The van der Waals surface area contributed by atoms with E-state index in [0.717, 1.165) is 5.56 Å². The van der Waals surface area contributed by atoms with Gasteiger partial charge in [0.2, 0.25) is 0 Å². The molecule has 2 N–H and O–H groups in total. The molecule has 0 saturated heterocycles. The Morgan fingerprint density at radius 3 is 2.77 bits per heavy atom. The first-order chi connectivity index (χ1) is 14.5. The van der Waals surface area contributed by atoms with E-state index in [1.54, 1.807) is 13.0 Å². The number of aromatic nitrogens is 3. The average molecular weight is 450 g/mol. The molecule has 0 radical (unpaired) electrons. The van der Waals surface area contributed by atoms with Gasteiger partial charge in [0.1, 0.15) is 0 Å². The first-order valence-electron chi connectivity index (χ1n) is 9.78. The van der Waals surface area contributed by atoms with E-state index in [0.29, 0.717) is 46.0 Å². The monoisotopic (exact) mass is 449 g/mol. The molecule has 8 nitrogen and oxygen atoms in total. The lowest BCUT2D eigenvalue weighted by atomic mass is 10.0. The van der Waals surface area contributed by atoms with Crippen LogP contribution < -0.4 is 10.6 Å². The first-order valence-corrected chi connectivity index (χ1v) is 11.1. The van der Waals surface area contributed by atoms with Gasteiger partial charge in [0, 0.05) is 28.6 Å². The van der Waals surface area contributed by atoms with Crippen molar-refractivity contribution in [2.45, 2.75) is 44.9 Å². The van der Waals surface area contributed by atoms with E-state index in [9.17, 15) is 9.59 Å². The summed E-state index contributed by atoms with van der Waals surface area (Å²) >= 11 is 7.51. The Morgan fingerprint density at radius 2 is 2.10 bits per heavy atom. The highest BCUT2D eigenvalue weighted by Gasteiger charge is 2.31. The highest BCUT2D eigenvalue weighted by atomic mass is 35.5. The number of amides is 2. The molecule has 3 rings (SSSR count). The lowest BCUT2D eigenvalue weighted by Crippen LogP contribution is -2.50. The van der Waals surface area contributed by atoms with Crippen molar-refractivity contribution in [3.8, 4) is 11.4 Å². The molecule has 30 heavy (non-hydrogen) atoms. The predicted molar refractivity (Wildman–Crippen MR) is 116 cm³/mol. The summed E-state index contributed by atoms with van der Waals surface area (Å²) in [6.45, 7) is 6.59. The molecule has 1 aliphatic rings. The fourth-order valence-corrected chi connectivity index (χ4v) is 4.40. The van der Waals surface area contributed by atoms with Crippen molar-refractivity contribution in [3.05, 3.63) is 40.6 Å². The summed E-state index contributed by atoms with van der Waals surface area (Å²) in [5, 5.41) is 15.5. The number of benzene rings is 1. The van der Waals surface area contributed by atoms with Crippen LogP contribution in [-0.4, -0.2) is 45.2 Å². The lowest BCUT2D eigenvalue weighted by molar-refractivity contribution is -0.139. The van der Waals surface area contributed by atoms with E-state index in [4.69, 9.17) is 16.3 Å². The molecule has 10 heteroatoms. The van der Waals surface area contributed by atoms with Crippen LogP contribution in [0.5, 0.6) is 0 Å². The van der Waals surface area contributed by atoms with Gasteiger partial charge in [-0.25, -0.2) is 9.59 Å². The van der Waals surface area contributed by atoms with Crippen molar-refractivity contribution in [1.29, 1.82) is 0 Å². The zero-order chi connectivity index (χ0) is 21.7. The van der Waals surface area contributed by atoms with Crippen molar-refractivity contribution >= 4 is 35.4 Å². The molecule has 1 aliphatic heterocycles. The largest absolute Gasteiger partial charge is 0.463 e. The Kier molecular flexibility index (Phi) is 7.38. The third-order valence-electron chi connectivity index (χ3n) is 4.61. The molecule has 0 saturated carbocycles. The molecule has 0 fully saturated rings. The van der Waals surface area contributed by atoms with E-state index in [1.807, 2.05) is 36.6 Å². The maximum atomic E-state index is 12.5. The number of carbonyl (C=O) groups is 2. The van der Waals surface area contributed by atoms with Crippen molar-refractivity contribution in [2.24, 2.45) is 0 Å². The fraction of sp³-hybridized carbons (Fsp3) is 0.400. The number of nitrogens with one attached hydrogen (secondary N) is 2. The van der Waals surface area contributed by atoms with Gasteiger partial charge in [-0.05, 0) is 32.4 Å². The Labute approximate surface area is 184 Å². The smallest absolute Gasteiger partial charge is 0.337 e. The quantitative estimate of drug-likeness (QED) is 0.471.